The van der Waals surface area contributed by atoms with Gasteiger partial charge < -0.3 is 9.15 Å². The van der Waals surface area contributed by atoms with Gasteiger partial charge in [-0.1, -0.05) is 6.07 Å². The fourth-order valence-electron chi connectivity index (χ4n) is 3.64. The van der Waals surface area contributed by atoms with E-state index >= 15 is 0 Å². The van der Waals surface area contributed by atoms with E-state index < -0.39 is 11.8 Å². The van der Waals surface area contributed by atoms with E-state index in [-0.39, 0.29) is 10.7 Å². The van der Waals surface area contributed by atoms with Crippen LogP contribution in [0.2, 0.25) is 0 Å². The molecule has 1 saturated heterocycles. The van der Waals surface area contributed by atoms with Crippen molar-refractivity contribution in [2.75, 3.05) is 11.5 Å². The van der Waals surface area contributed by atoms with Crippen LogP contribution in [0.15, 0.2) is 68.0 Å². The molecule has 0 saturated carbocycles. The van der Waals surface area contributed by atoms with Crippen LogP contribution in [0, 0.1) is 13.8 Å². The highest BCUT2D eigenvalue weighted by molar-refractivity contribution is 8.01. The maximum absolute atomic E-state index is 13.3. The molecule has 3 heterocycles. The van der Waals surface area contributed by atoms with Crippen molar-refractivity contribution in [3.8, 4) is 5.75 Å². The summed E-state index contributed by atoms with van der Waals surface area (Å²) in [5.74, 6) is 0.117. The molecule has 0 bridgehead atoms. The monoisotopic (exact) mass is 535 g/mol. The van der Waals surface area contributed by atoms with Gasteiger partial charge in [0.15, 0.2) is 14.5 Å². The standard InChI is InChI=1S/C26H21N3O4S3/c1-4-32-17-7-9-20-21(13-17)35-26(27-20)36-22-10-8-18(33-22)12-19-23(30)28-25(34)29(24(19)31)16-6-5-14(2)15(3)11-16/h5-13H,4H2,1-3H3,(H,28,30,34)/b19-12+. The van der Waals surface area contributed by atoms with Crippen molar-refractivity contribution < 1.29 is 18.7 Å². The first-order valence-corrected chi connectivity index (χ1v) is 13.2. The zero-order valence-electron chi connectivity index (χ0n) is 19.7. The minimum Gasteiger partial charge on any atom is -0.494 e. The number of anilines is 1. The molecular formula is C26H21N3O4S3. The van der Waals surface area contributed by atoms with Gasteiger partial charge in [0, 0.05) is 0 Å². The Morgan fingerprint density at radius 1 is 1.14 bits per heavy atom. The number of thiocarbonyl (C=S) groups is 1. The van der Waals surface area contributed by atoms with E-state index in [9.17, 15) is 9.59 Å². The molecule has 0 radical (unpaired) electrons. The molecule has 182 valence electrons. The molecule has 4 aromatic rings. The summed E-state index contributed by atoms with van der Waals surface area (Å²) in [6.07, 6.45) is 1.43. The summed E-state index contributed by atoms with van der Waals surface area (Å²) in [6, 6.07) is 14.9. The number of carbonyl (C=O) groups excluding carboxylic acids is 2. The summed E-state index contributed by atoms with van der Waals surface area (Å²) < 4.78 is 13.3. The topological polar surface area (TPSA) is 84.7 Å². The van der Waals surface area contributed by atoms with Crippen molar-refractivity contribution in [1.29, 1.82) is 0 Å². The molecule has 36 heavy (non-hydrogen) atoms. The number of thiazole rings is 1. The minimum absolute atomic E-state index is 0.0458. The van der Waals surface area contributed by atoms with E-state index in [1.165, 1.54) is 34.1 Å². The van der Waals surface area contributed by atoms with Crippen molar-refractivity contribution in [2.24, 2.45) is 0 Å². The third-order valence-corrected chi connectivity index (χ3v) is 7.86. The normalized spacial score (nSPS) is 15.1. The van der Waals surface area contributed by atoms with Gasteiger partial charge in [-0.3, -0.25) is 19.8 Å². The van der Waals surface area contributed by atoms with Crippen LogP contribution in [0.4, 0.5) is 5.69 Å². The van der Waals surface area contributed by atoms with Crippen LogP contribution in [0.1, 0.15) is 23.8 Å². The van der Waals surface area contributed by atoms with Gasteiger partial charge in [0.25, 0.3) is 11.8 Å². The SMILES string of the molecule is CCOc1ccc2nc(Sc3ccc(/C=C4\C(=O)NC(=S)N(c5ccc(C)c(C)c5)C4=O)o3)sc2c1. The van der Waals surface area contributed by atoms with Gasteiger partial charge in [-0.2, -0.15) is 0 Å². The summed E-state index contributed by atoms with van der Waals surface area (Å²) in [5, 5.41) is 3.24. The van der Waals surface area contributed by atoms with Crippen LogP contribution >= 0.6 is 35.3 Å². The van der Waals surface area contributed by atoms with Crippen molar-refractivity contribution in [2.45, 2.75) is 30.2 Å². The Bertz CT molecular complexity index is 1550. The lowest BCUT2D eigenvalue weighted by Gasteiger charge is -2.29. The van der Waals surface area contributed by atoms with E-state index in [2.05, 4.69) is 10.3 Å². The number of hydrogen-bond donors (Lipinski definition) is 1. The number of hydrogen-bond acceptors (Lipinski definition) is 8. The Morgan fingerprint density at radius 2 is 1.97 bits per heavy atom. The summed E-state index contributed by atoms with van der Waals surface area (Å²) in [5.41, 5.74) is 3.53. The second kappa shape index (κ2) is 9.88. The third kappa shape index (κ3) is 4.79. The molecule has 10 heteroatoms. The van der Waals surface area contributed by atoms with Gasteiger partial charge in [0.05, 0.1) is 22.5 Å². The first-order valence-electron chi connectivity index (χ1n) is 11.1. The maximum Gasteiger partial charge on any atom is 0.270 e. The Hall–Kier alpha value is -3.47. The number of carbonyl (C=O) groups is 2. The number of aryl methyl sites for hydroxylation is 2. The lowest BCUT2D eigenvalue weighted by Crippen LogP contribution is -2.54. The Kier molecular flexibility index (Phi) is 6.65. The fourth-order valence-corrected chi connectivity index (χ4v) is 5.91. The summed E-state index contributed by atoms with van der Waals surface area (Å²) in [4.78, 5) is 31.8. The van der Waals surface area contributed by atoms with Crippen molar-refractivity contribution in [3.05, 3.63) is 71.0 Å². The number of rotatable bonds is 6. The lowest BCUT2D eigenvalue weighted by molar-refractivity contribution is -0.122. The summed E-state index contributed by atoms with van der Waals surface area (Å²) in [6.45, 7) is 6.49. The first-order chi connectivity index (χ1) is 17.3. The van der Waals surface area contributed by atoms with E-state index in [1.807, 2.05) is 51.1 Å². The maximum atomic E-state index is 13.3. The largest absolute Gasteiger partial charge is 0.494 e. The highest BCUT2D eigenvalue weighted by Gasteiger charge is 2.34. The van der Waals surface area contributed by atoms with Gasteiger partial charge in [-0.25, -0.2) is 4.98 Å². The van der Waals surface area contributed by atoms with Crippen molar-refractivity contribution in [1.82, 2.24) is 10.3 Å². The molecule has 0 atom stereocenters. The smallest absolute Gasteiger partial charge is 0.270 e. The number of nitrogens with one attached hydrogen (secondary N) is 1. The van der Waals surface area contributed by atoms with Gasteiger partial charge in [-0.15, -0.1) is 11.3 Å². The second-order valence-electron chi connectivity index (χ2n) is 8.03. The average Bonchev–Trinajstić information content (AvgIpc) is 3.45. The molecule has 2 aromatic carbocycles. The molecule has 0 aliphatic carbocycles. The zero-order valence-corrected chi connectivity index (χ0v) is 22.1. The van der Waals surface area contributed by atoms with Crippen molar-refractivity contribution in [3.63, 3.8) is 0 Å². The Labute approximate surface area is 221 Å². The summed E-state index contributed by atoms with van der Waals surface area (Å²) in [7, 11) is 0. The molecule has 1 fully saturated rings. The first kappa shape index (κ1) is 24.2. The van der Waals surface area contributed by atoms with Crippen LogP contribution in [0.3, 0.4) is 0 Å². The van der Waals surface area contributed by atoms with E-state index in [4.69, 9.17) is 21.4 Å². The number of amides is 2. The van der Waals surface area contributed by atoms with Crippen molar-refractivity contribution >= 4 is 74.2 Å². The number of aromatic nitrogens is 1. The highest BCUT2D eigenvalue weighted by atomic mass is 32.2. The van der Waals surface area contributed by atoms with E-state index in [0.717, 1.165) is 31.4 Å². The second-order valence-corrected chi connectivity index (χ2v) is 10.7. The fraction of sp³-hybridized carbons (Fsp3) is 0.154. The number of ether oxygens (including phenoxy) is 1. The Balaban J connectivity index is 1.38. The van der Waals surface area contributed by atoms with Crippen LogP contribution in [0.25, 0.3) is 16.3 Å². The molecule has 1 aliphatic heterocycles. The minimum atomic E-state index is -0.563. The highest BCUT2D eigenvalue weighted by Crippen LogP contribution is 2.37. The molecular weight excluding hydrogens is 515 g/mol. The molecule has 0 spiro atoms. The van der Waals surface area contributed by atoms with E-state index in [0.29, 0.717) is 23.1 Å². The van der Waals surface area contributed by atoms with Gasteiger partial charge in [0.1, 0.15) is 17.1 Å². The average molecular weight is 536 g/mol. The van der Waals surface area contributed by atoms with E-state index in [1.54, 1.807) is 18.2 Å². The molecule has 5 rings (SSSR count). The van der Waals surface area contributed by atoms with Crippen LogP contribution in [0.5, 0.6) is 5.75 Å². The predicted molar refractivity (Wildman–Crippen MR) is 146 cm³/mol. The molecule has 1 aliphatic rings. The Morgan fingerprint density at radius 3 is 2.75 bits per heavy atom. The zero-order chi connectivity index (χ0) is 25.4. The molecule has 0 unspecified atom stereocenters. The molecule has 2 aromatic heterocycles. The quantitative estimate of drug-likeness (QED) is 0.187. The molecule has 2 amide bonds. The van der Waals surface area contributed by atoms with Gasteiger partial charge in [-0.05, 0) is 104 Å². The molecule has 1 N–H and O–H groups in total. The lowest BCUT2D eigenvalue weighted by atomic mass is 10.1. The number of furan rings is 1. The predicted octanol–water partition coefficient (Wildman–Crippen LogP) is 5.89. The van der Waals surface area contributed by atoms with Gasteiger partial charge >= 0.3 is 0 Å². The number of benzene rings is 2. The number of fused-ring (bicyclic) bond motifs is 1. The van der Waals surface area contributed by atoms with Crippen LogP contribution < -0.4 is 15.0 Å². The third-order valence-electron chi connectivity index (χ3n) is 5.58. The number of nitrogens with zero attached hydrogens (tertiary/aromatic N) is 2. The summed E-state index contributed by atoms with van der Waals surface area (Å²) >= 11 is 8.20. The van der Waals surface area contributed by atoms with Crippen LogP contribution in [-0.2, 0) is 9.59 Å². The molecule has 7 nitrogen and oxygen atoms in total. The van der Waals surface area contributed by atoms with Crippen LogP contribution in [-0.4, -0.2) is 28.5 Å². The van der Waals surface area contributed by atoms with Gasteiger partial charge in [0.2, 0.25) is 0 Å².